The van der Waals surface area contributed by atoms with Crippen LogP contribution in [-0.2, 0) is 4.79 Å². The Morgan fingerprint density at radius 2 is 1.89 bits per heavy atom. The number of anilines is 1. The van der Waals surface area contributed by atoms with Crippen LogP contribution in [0.5, 0.6) is 0 Å². The van der Waals surface area contributed by atoms with Crippen LogP contribution in [0, 0.1) is 12.3 Å². The number of hydrogen-bond donors (Lipinski definition) is 1. The van der Waals surface area contributed by atoms with Gasteiger partial charge in [-0.1, -0.05) is 39.8 Å². The van der Waals surface area contributed by atoms with Crippen molar-refractivity contribution in [1.29, 1.82) is 0 Å². The van der Waals surface area contributed by atoms with Gasteiger partial charge in [-0.25, -0.2) is 0 Å². The van der Waals surface area contributed by atoms with Gasteiger partial charge in [-0.05, 0) is 42.7 Å². The summed E-state index contributed by atoms with van der Waals surface area (Å²) in [6.45, 7) is 9.50. The van der Waals surface area contributed by atoms with Gasteiger partial charge in [-0.2, -0.15) is 0 Å². The maximum atomic E-state index is 13.2. The van der Waals surface area contributed by atoms with Crippen molar-refractivity contribution in [2.75, 3.05) is 12.4 Å². The predicted molar refractivity (Wildman–Crippen MR) is 109 cm³/mol. The summed E-state index contributed by atoms with van der Waals surface area (Å²) in [5.41, 5.74) is 2.53. The van der Waals surface area contributed by atoms with E-state index in [4.69, 9.17) is 0 Å². The van der Waals surface area contributed by atoms with Crippen molar-refractivity contribution < 1.29 is 9.59 Å². The van der Waals surface area contributed by atoms with E-state index in [-0.39, 0.29) is 17.9 Å². The van der Waals surface area contributed by atoms with E-state index in [9.17, 15) is 9.59 Å². The average Bonchev–Trinajstić information content (AvgIpc) is 2.63. The molecule has 144 valence electrons. The Morgan fingerprint density at radius 3 is 2.44 bits per heavy atom. The Labute approximate surface area is 161 Å². The van der Waals surface area contributed by atoms with Crippen molar-refractivity contribution in [2.24, 2.45) is 5.41 Å². The first-order chi connectivity index (χ1) is 12.7. The summed E-state index contributed by atoms with van der Waals surface area (Å²) in [5, 5.41) is 2.94. The normalized spacial score (nSPS) is 12.4. The fraction of sp³-hybridized carbons (Fsp3) is 0.409. The molecule has 1 heterocycles. The Balaban J connectivity index is 2.30. The number of benzene rings is 1. The maximum Gasteiger partial charge on any atom is 0.254 e. The Hall–Kier alpha value is -2.69. The van der Waals surface area contributed by atoms with E-state index < -0.39 is 5.41 Å². The van der Waals surface area contributed by atoms with Crippen molar-refractivity contribution in [3.63, 3.8) is 0 Å². The summed E-state index contributed by atoms with van der Waals surface area (Å²) in [5.74, 6) is -0.152. The molecule has 1 atom stereocenters. The average molecular weight is 367 g/mol. The molecule has 27 heavy (non-hydrogen) atoms. The molecule has 0 aliphatic rings. The molecule has 1 aromatic heterocycles. The summed E-state index contributed by atoms with van der Waals surface area (Å²) in [6.07, 6.45) is 4.31. The zero-order chi connectivity index (χ0) is 20.2. The highest BCUT2D eigenvalue weighted by atomic mass is 16.2. The lowest BCUT2D eigenvalue weighted by molar-refractivity contribution is -0.123. The quantitative estimate of drug-likeness (QED) is 0.840. The first-order valence-electron chi connectivity index (χ1n) is 9.25. The Kier molecular flexibility index (Phi) is 6.37. The second kappa shape index (κ2) is 8.33. The smallest absolute Gasteiger partial charge is 0.254 e. The predicted octanol–water partition coefficient (Wildman–Crippen LogP) is 4.60. The molecule has 0 bridgehead atoms. The van der Waals surface area contributed by atoms with E-state index in [1.807, 2.05) is 59.9 Å². The molecule has 0 aliphatic carbocycles. The number of nitrogens with zero attached hydrogens (tertiary/aromatic N) is 2. The van der Waals surface area contributed by atoms with Crippen molar-refractivity contribution in [3.05, 3.63) is 59.4 Å². The molecule has 5 heteroatoms. The summed E-state index contributed by atoms with van der Waals surface area (Å²) >= 11 is 0. The van der Waals surface area contributed by atoms with Gasteiger partial charge in [0.2, 0.25) is 5.91 Å². The number of carbonyl (C=O) groups is 2. The number of pyridine rings is 1. The minimum atomic E-state index is -0.503. The van der Waals surface area contributed by atoms with Gasteiger partial charge in [-0.3, -0.25) is 14.6 Å². The monoisotopic (exact) mass is 367 g/mol. The van der Waals surface area contributed by atoms with Crippen LogP contribution in [0.2, 0.25) is 0 Å². The summed E-state index contributed by atoms with van der Waals surface area (Å²) in [7, 11) is 1.81. The van der Waals surface area contributed by atoms with Gasteiger partial charge >= 0.3 is 0 Å². The third kappa shape index (κ3) is 4.73. The highest BCUT2D eigenvalue weighted by Crippen LogP contribution is 2.27. The molecule has 2 aromatic rings. The highest BCUT2D eigenvalue weighted by molar-refractivity contribution is 6.00. The number of aromatic nitrogens is 1. The van der Waals surface area contributed by atoms with Crippen LogP contribution < -0.4 is 5.32 Å². The van der Waals surface area contributed by atoms with Gasteiger partial charge in [0, 0.05) is 36.1 Å². The second-order valence-corrected chi connectivity index (χ2v) is 7.81. The third-order valence-electron chi connectivity index (χ3n) is 4.74. The van der Waals surface area contributed by atoms with Gasteiger partial charge in [0.15, 0.2) is 0 Å². The third-order valence-corrected chi connectivity index (χ3v) is 4.74. The summed E-state index contributed by atoms with van der Waals surface area (Å²) in [4.78, 5) is 31.4. The van der Waals surface area contributed by atoms with Gasteiger partial charge in [-0.15, -0.1) is 0 Å². The molecular formula is C22H29N3O2. The largest absolute Gasteiger partial charge is 0.335 e. The molecule has 0 aliphatic heterocycles. The van der Waals surface area contributed by atoms with Crippen LogP contribution in [0.4, 0.5) is 5.69 Å². The van der Waals surface area contributed by atoms with Crippen molar-refractivity contribution in [1.82, 2.24) is 9.88 Å². The molecule has 0 radical (unpaired) electrons. The van der Waals surface area contributed by atoms with Crippen LogP contribution in [0.25, 0.3) is 0 Å². The van der Waals surface area contributed by atoms with E-state index in [2.05, 4.69) is 10.3 Å². The fourth-order valence-electron chi connectivity index (χ4n) is 2.95. The number of nitrogens with one attached hydrogen (secondary N) is 1. The van der Waals surface area contributed by atoms with Crippen LogP contribution in [0.3, 0.4) is 0 Å². The summed E-state index contributed by atoms with van der Waals surface area (Å²) in [6, 6.07) is 9.24. The molecule has 2 rings (SSSR count). The standard InChI is InChI=1S/C22H29N3O2/c1-7-19(16-10-9-13-23-14-16)25(6)20(26)17-11-8-12-18(15(17)2)24-21(27)22(3,4)5/h8-14,19H,7H2,1-6H3,(H,24,27). The molecule has 1 unspecified atom stereocenters. The zero-order valence-corrected chi connectivity index (χ0v) is 17.0. The molecule has 5 nitrogen and oxygen atoms in total. The number of amides is 2. The fourth-order valence-corrected chi connectivity index (χ4v) is 2.95. The van der Waals surface area contributed by atoms with Crippen LogP contribution in [-0.4, -0.2) is 28.7 Å². The molecular weight excluding hydrogens is 338 g/mol. The molecule has 1 aromatic carbocycles. The van der Waals surface area contributed by atoms with E-state index in [0.717, 1.165) is 17.5 Å². The van der Waals surface area contributed by atoms with Crippen LogP contribution in [0.1, 0.15) is 61.6 Å². The topological polar surface area (TPSA) is 62.3 Å². The minimum absolute atomic E-state index is 0.0570. The first kappa shape index (κ1) is 20.6. The Morgan fingerprint density at radius 1 is 1.19 bits per heavy atom. The van der Waals surface area contributed by atoms with Gasteiger partial charge in [0.25, 0.3) is 5.91 Å². The van der Waals surface area contributed by atoms with Gasteiger partial charge in [0.1, 0.15) is 0 Å². The molecule has 0 fully saturated rings. The van der Waals surface area contributed by atoms with E-state index in [1.165, 1.54) is 0 Å². The molecule has 0 spiro atoms. The van der Waals surface area contributed by atoms with Crippen LogP contribution in [0.15, 0.2) is 42.7 Å². The number of rotatable bonds is 5. The van der Waals surface area contributed by atoms with E-state index >= 15 is 0 Å². The van der Waals surface area contributed by atoms with Crippen molar-refractivity contribution >= 4 is 17.5 Å². The second-order valence-electron chi connectivity index (χ2n) is 7.81. The number of carbonyl (C=O) groups excluding carboxylic acids is 2. The molecule has 0 saturated heterocycles. The zero-order valence-electron chi connectivity index (χ0n) is 17.0. The van der Waals surface area contributed by atoms with E-state index in [0.29, 0.717) is 11.3 Å². The molecule has 1 N–H and O–H groups in total. The summed E-state index contributed by atoms with van der Waals surface area (Å²) < 4.78 is 0. The first-order valence-corrected chi connectivity index (χ1v) is 9.25. The van der Waals surface area contributed by atoms with Crippen LogP contribution >= 0.6 is 0 Å². The maximum absolute atomic E-state index is 13.2. The van der Waals surface area contributed by atoms with E-state index in [1.54, 1.807) is 29.4 Å². The molecule has 0 saturated carbocycles. The highest BCUT2D eigenvalue weighted by Gasteiger charge is 2.25. The number of hydrogen-bond acceptors (Lipinski definition) is 3. The van der Waals surface area contributed by atoms with Gasteiger partial charge < -0.3 is 10.2 Å². The van der Waals surface area contributed by atoms with Crippen molar-refractivity contribution in [2.45, 2.75) is 47.1 Å². The minimum Gasteiger partial charge on any atom is -0.335 e. The lowest BCUT2D eigenvalue weighted by atomic mass is 9.95. The van der Waals surface area contributed by atoms with Crippen molar-refractivity contribution in [3.8, 4) is 0 Å². The lowest BCUT2D eigenvalue weighted by Crippen LogP contribution is -2.32. The molecule has 2 amide bonds. The van der Waals surface area contributed by atoms with Gasteiger partial charge in [0.05, 0.1) is 6.04 Å². The Bertz CT molecular complexity index is 810. The SMILES string of the molecule is CCC(c1cccnc1)N(C)C(=O)c1cccc(NC(=O)C(C)(C)C)c1C. The lowest BCUT2D eigenvalue weighted by Gasteiger charge is -2.28.